The molecule has 352 valence electrons. The molecule has 4 atom stereocenters. The van der Waals surface area contributed by atoms with Gasteiger partial charge in [-0.25, -0.2) is 22.9 Å². The fourth-order valence-corrected chi connectivity index (χ4v) is 7.84. The summed E-state index contributed by atoms with van der Waals surface area (Å²) >= 11 is 12.5. The lowest BCUT2D eigenvalue weighted by atomic mass is 9.62. The van der Waals surface area contributed by atoms with Crippen LogP contribution in [0.5, 0.6) is 5.75 Å². The number of hydrogen-bond donors (Lipinski definition) is 4. The van der Waals surface area contributed by atoms with E-state index >= 15 is 8.78 Å². The van der Waals surface area contributed by atoms with E-state index in [9.17, 15) is 18.9 Å². The average molecular weight is 963 g/mol. The van der Waals surface area contributed by atoms with Crippen LogP contribution in [0.15, 0.2) is 59.6 Å². The monoisotopic (exact) mass is 961 g/mol. The van der Waals surface area contributed by atoms with E-state index in [1.165, 1.54) is 56.6 Å². The first kappa shape index (κ1) is 52.4. The zero-order valence-electron chi connectivity index (χ0n) is 35.8. The summed E-state index contributed by atoms with van der Waals surface area (Å²) in [4.78, 5) is 61.0. The summed E-state index contributed by atoms with van der Waals surface area (Å²) < 4.78 is 83.1. The molecule has 0 unspecified atom stereocenters. The SMILES string of the molecule is CN=C[C@]1(c2ccc(Cl)cc2F)[C@H](CC(C)(C)C)N[C@@H](C(=O)Nc2ccc(C(=O)OCOC(=O)OCCOCCOCCOCCOP(=O)(O)O)cc2OC)[C@@H]1c1cccc(Cl)c1F. The lowest BCUT2D eigenvalue weighted by Gasteiger charge is -2.40. The van der Waals surface area contributed by atoms with Crippen molar-refractivity contribution in [2.24, 2.45) is 10.4 Å². The molecule has 17 nitrogen and oxygen atoms in total. The molecule has 4 rings (SSSR count). The lowest BCUT2D eigenvalue weighted by Crippen LogP contribution is -2.47. The van der Waals surface area contributed by atoms with E-state index in [0.29, 0.717) is 6.42 Å². The molecule has 0 bridgehead atoms. The summed E-state index contributed by atoms with van der Waals surface area (Å²) in [5.74, 6) is -4.07. The summed E-state index contributed by atoms with van der Waals surface area (Å²) in [5.41, 5.74) is -1.52. The Morgan fingerprint density at radius 2 is 1.56 bits per heavy atom. The van der Waals surface area contributed by atoms with Gasteiger partial charge in [0, 0.05) is 35.8 Å². The number of anilines is 1. The Bertz CT molecular complexity index is 2140. The predicted octanol–water partition coefficient (Wildman–Crippen LogP) is 6.84. The first-order valence-corrected chi connectivity index (χ1v) is 22.1. The Kier molecular flexibility index (Phi) is 19.9. The molecule has 1 heterocycles. The number of ether oxygens (including phenoxy) is 7. The first-order chi connectivity index (χ1) is 30.3. The molecule has 1 saturated heterocycles. The van der Waals surface area contributed by atoms with Crippen molar-refractivity contribution in [3.8, 4) is 5.75 Å². The number of nitrogens with one attached hydrogen (secondary N) is 2. The minimum absolute atomic E-state index is 0.0123. The number of methoxy groups -OCH3 is 1. The predicted molar refractivity (Wildman–Crippen MR) is 231 cm³/mol. The van der Waals surface area contributed by atoms with Crippen molar-refractivity contribution in [1.82, 2.24) is 5.32 Å². The molecular weight excluding hydrogens is 910 g/mol. The number of nitrogens with zero attached hydrogens (tertiary/aromatic N) is 1. The van der Waals surface area contributed by atoms with E-state index < -0.39 is 67.7 Å². The third-order valence-corrected chi connectivity index (χ3v) is 10.7. The standard InChI is InChI=1S/C42H52Cl2F2N3O14P/c1-41(2,3)23-34-42(24-47-4,29-11-10-27(43)22-31(29)45)35(28-7-6-8-30(44)36(28)46)37(49-34)38(50)48-32-12-9-26(21-33(32)56-5)39(51)61-25-62-40(52)60-19-17-58-15-13-57-14-16-59-18-20-63-64(53,54)55/h6-12,21-22,24,34-35,37,49H,13-20,23,25H2,1-5H3,(H,48,50)(H2,53,54,55)/t34-,35-,37+,42-/m0/s1. The highest BCUT2D eigenvalue weighted by atomic mass is 35.5. The molecule has 1 aliphatic heterocycles. The van der Waals surface area contributed by atoms with Crippen LogP contribution in [0.1, 0.15) is 54.6 Å². The molecule has 1 amide bonds. The van der Waals surface area contributed by atoms with Gasteiger partial charge in [-0.1, -0.05) is 62.2 Å². The quantitative estimate of drug-likeness (QED) is 0.0251. The molecule has 0 spiro atoms. The summed E-state index contributed by atoms with van der Waals surface area (Å²) in [6.45, 7) is 5.47. The van der Waals surface area contributed by atoms with Crippen molar-refractivity contribution in [2.45, 2.75) is 50.6 Å². The Balaban J connectivity index is 1.38. The zero-order valence-corrected chi connectivity index (χ0v) is 38.2. The summed E-state index contributed by atoms with van der Waals surface area (Å²) in [6, 6.07) is 10.8. The van der Waals surface area contributed by atoms with Gasteiger partial charge >= 0.3 is 19.9 Å². The van der Waals surface area contributed by atoms with Crippen molar-refractivity contribution >= 4 is 61.0 Å². The number of benzene rings is 3. The normalized spacial score (nSPS) is 18.8. The molecule has 0 saturated carbocycles. The molecule has 0 radical (unpaired) electrons. The maximum Gasteiger partial charge on any atom is 0.511 e. The fraction of sp³-hybridized carbons (Fsp3) is 0.476. The van der Waals surface area contributed by atoms with Crippen molar-refractivity contribution in [2.75, 3.05) is 79.1 Å². The second kappa shape index (κ2) is 24.3. The number of phosphoric ester groups is 1. The van der Waals surface area contributed by atoms with Gasteiger partial charge < -0.3 is 53.6 Å². The molecule has 3 aromatic rings. The Morgan fingerprint density at radius 3 is 2.17 bits per heavy atom. The van der Waals surface area contributed by atoms with E-state index in [1.807, 2.05) is 20.8 Å². The van der Waals surface area contributed by atoms with Crippen LogP contribution in [0, 0.1) is 17.0 Å². The molecule has 1 aliphatic rings. The number of hydrogen-bond acceptors (Lipinski definition) is 14. The highest BCUT2D eigenvalue weighted by molar-refractivity contribution is 7.46. The lowest BCUT2D eigenvalue weighted by molar-refractivity contribution is -0.118. The van der Waals surface area contributed by atoms with Gasteiger partial charge in [0.1, 0.15) is 24.0 Å². The van der Waals surface area contributed by atoms with E-state index in [1.54, 1.807) is 12.3 Å². The number of amides is 1. The third-order valence-electron chi connectivity index (χ3n) is 9.70. The van der Waals surface area contributed by atoms with Crippen LogP contribution in [-0.2, 0) is 47.7 Å². The Morgan fingerprint density at radius 1 is 0.906 bits per heavy atom. The highest BCUT2D eigenvalue weighted by Crippen LogP contribution is 2.52. The molecule has 64 heavy (non-hydrogen) atoms. The maximum absolute atomic E-state index is 16.2. The van der Waals surface area contributed by atoms with Crippen LogP contribution < -0.4 is 15.4 Å². The van der Waals surface area contributed by atoms with Gasteiger partial charge in [-0.05, 0) is 53.8 Å². The zero-order chi connectivity index (χ0) is 47.1. The maximum atomic E-state index is 16.2. The number of carbonyl (C=O) groups is 3. The number of aliphatic imine (C=N–C) groups is 1. The third kappa shape index (κ3) is 14.9. The summed E-state index contributed by atoms with van der Waals surface area (Å²) in [6.07, 6.45) is 0.809. The summed E-state index contributed by atoms with van der Waals surface area (Å²) in [7, 11) is -1.70. The highest BCUT2D eigenvalue weighted by Gasteiger charge is 2.59. The van der Waals surface area contributed by atoms with Crippen LogP contribution in [0.2, 0.25) is 10.0 Å². The minimum Gasteiger partial charge on any atom is -0.495 e. The molecule has 3 aromatic carbocycles. The fourth-order valence-electron chi connectivity index (χ4n) is 7.19. The van der Waals surface area contributed by atoms with E-state index in [4.69, 9.17) is 66.1 Å². The van der Waals surface area contributed by atoms with Crippen molar-refractivity contribution < 1.29 is 75.2 Å². The Labute approximate surface area is 379 Å². The number of esters is 1. The van der Waals surface area contributed by atoms with Crippen molar-refractivity contribution in [1.29, 1.82) is 0 Å². The molecule has 0 aliphatic carbocycles. The van der Waals surface area contributed by atoms with Crippen LogP contribution >= 0.6 is 31.0 Å². The van der Waals surface area contributed by atoms with Gasteiger partial charge in [-0.2, -0.15) is 0 Å². The first-order valence-electron chi connectivity index (χ1n) is 19.8. The Hall–Kier alpha value is -4.27. The van der Waals surface area contributed by atoms with Gasteiger partial charge in [-0.3, -0.25) is 14.3 Å². The molecule has 22 heteroatoms. The molecule has 4 N–H and O–H groups in total. The van der Waals surface area contributed by atoms with Crippen LogP contribution in [0.3, 0.4) is 0 Å². The van der Waals surface area contributed by atoms with Crippen LogP contribution in [0.4, 0.5) is 19.3 Å². The van der Waals surface area contributed by atoms with Gasteiger partial charge in [0.25, 0.3) is 0 Å². The van der Waals surface area contributed by atoms with Crippen LogP contribution in [0.25, 0.3) is 0 Å². The largest absolute Gasteiger partial charge is 0.511 e. The average Bonchev–Trinajstić information content (AvgIpc) is 3.52. The second-order valence-corrected chi connectivity index (χ2v) is 17.5. The van der Waals surface area contributed by atoms with Crippen molar-refractivity contribution in [3.63, 3.8) is 0 Å². The van der Waals surface area contributed by atoms with Crippen LogP contribution in [-0.4, -0.2) is 120 Å². The number of halogens is 4. The molecule has 0 aromatic heterocycles. The van der Waals surface area contributed by atoms with Crippen molar-refractivity contribution in [3.05, 3.63) is 93.0 Å². The molecule has 1 fully saturated rings. The number of carbonyl (C=O) groups excluding carboxylic acids is 3. The van der Waals surface area contributed by atoms with E-state index in [0.717, 1.165) is 6.07 Å². The van der Waals surface area contributed by atoms with E-state index in [-0.39, 0.29) is 96.4 Å². The number of phosphoric acid groups is 1. The summed E-state index contributed by atoms with van der Waals surface area (Å²) in [5, 5.41) is 6.18. The van der Waals surface area contributed by atoms with Gasteiger partial charge in [0.05, 0.1) is 81.1 Å². The van der Waals surface area contributed by atoms with Gasteiger partial charge in [0.15, 0.2) is 0 Å². The van der Waals surface area contributed by atoms with E-state index in [2.05, 4.69) is 20.1 Å². The number of rotatable bonds is 23. The second-order valence-electron chi connectivity index (χ2n) is 15.4. The topological polar surface area (TPSA) is 219 Å². The molecular formula is C42H52Cl2F2N3O14P. The minimum atomic E-state index is -4.53. The smallest absolute Gasteiger partial charge is 0.495 e. The van der Waals surface area contributed by atoms with Gasteiger partial charge in [-0.15, -0.1) is 0 Å². The van der Waals surface area contributed by atoms with Gasteiger partial charge in [0.2, 0.25) is 12.7 Å².